The monoisotopic (exact) mass is 358 g/mol. The van der Waals surface area contributed by atoms with Gasteiger partial charge in [0, 0.05) is 18.4 Å². The van der Waals surface area contributed by atoms with Crippen molar-refractivity contribution in [1.29, 1.82) is 0 Å². The van der Waals surface area contributed by atoms with Crippen molar-refractivity contribution in [3.8, 4) is 0 Å². The second kappa shape index (κ2) is 7.63. The van der Waals surface area contributed by atoms with Gasteiger partial charge in [-0.1, -0.05) is 25.3 Å². The van der Waals surface area contributed by atoms with E-state index in [4.69, 9.17) is 9.84 Å². The highest BCUT2D eigenvalue weighted by Gasteiger charge is 2.30. The molecule has 0 bridgehead atoms. The molecule has 4 rings (SSSR count). The summed E-state index contributed by atoms with van der Waals surface area (Å²) in [6.07, 6.45) is 9.53. The van der Waals surface area contributed by atoms with Crippen molar-refractivity contribution in [1.82, 2.24) is 20.0 Å². The van der Waals surface area contributed by atoms with Crippen LogP contribution < -0.4 is 10.6 Å². The third-order valence-electron chi connectivity index (χ3n) is 5.56. The van der Waals surface area contributed by atoms with Crippen molar-refractivity contribution >= 4 is 11.7 Å². The van der Waals surface area contributed by atoms with Crippen LogP contribution in [0.5, 0.6) is 0 Å². The number of nitrogens with zero attached hydrogens (tertiary/aromatic N) is 2. The number of fused-ring (bicyclic) bond motifs is 1. The van der Waals surface area contributed by atoms with Crippen LogP contribution in [0.15, 0.2) is 24.5 Å². The number of hydrogen-bond acceptors (Lipinski definition) is 4. The molecule has 2 atom stereocenters. The standard InChI is InChI=1S/C19H26N4O3/c24-19(25)20-8-15-10-23-9-14(6-7-18(23)21-15)17-12-26-11-16(22-17)13-4-2-1-3-5-13/h6-7,9-10,13,16-17,20,22H,1-5,8,11-12H2,(H,24,25). The fourth-order valence-electron chi connectivity index (χ4n) is 4.19. The van der Waals surface area contributed by atoms with Gasteiger partial charge in [-0.15, -0.1) is 0 Å². The van der Waals surface area contributed by atoms with Crippen LogP contribution in [0.4, 0.5) is 4.79 Å². The molecule has 0 spiro atoms. The summed E-state index contributed by atoms with van der Waals surface area (Å²) in [5.74, 6) is 0.720. The van der Waals surface area contributed by atoms with Gasteiger partial charge in [0.15, 0.2) is 0 Å². The van der Waals surface area contributed by atoms with Crippen molar-refractivity contribution in [3.63, 3.8) is 0 Å². The van der Waals surface area contributed by atoms with E-state index in [1.54, 1.807) is 0 Å². The fourth-order valence-corrected chi connectivity index (χ4v) is 4.19. The van der Waals surface area contributed by atoms with Gasteiger partial charge in [0.05, 0.1) is 31.5 Å². The number of carbonyl (C=O) groups is 1. The predicted octanol–water partition coefficient (Wildman–Crippen LogP) is 2.71. The van der Waals surface area contributed by atoms with Crippen LogP contribution in [-0.4, -0.2) is 39.8 Å². The number of rotatable bonds is 4. The van der Waals surface area contributed by atoms with Crippen LogP contribution in [0.3, 0.4) is 0 Å². The Morgan fingerprint density at radius 3 is 2.92 bits per heavy atom. The largest absolute Gasteiger partial charge is 0.465 e. The molecule has 1 aliphatic heterocycles. The van der Waals surface area contributed by atoms with Gasteiger partial charge in [0.25, 0.3) is 0 Å². The van der Waals surface area contributed by atoms with Gasteiger partial charge >= 0.3 is 6.09 Å². The zero-order valence-electron chi connectivity index (χ0n) is 14.9. The molecular weight excluding hydrogens is 332 g/mol. The lowest BCUT2D eigenvalue weighted by molar-refractivity contribution is 0.0201. The van der Waals surface area contributed by atoms with E-state index in [1.807, 2.05) is 16.7 Å². The van der Waals surface area contributed by atoms with Crippen molar-refractivity contribution in [2.24, 2.45) is 5.92 Å². The molecule has 2 aromatic rings. The van der Waals surface area contributed by atoms with Gasteiger partial charge in [-0.3, -0.25) is 0 Å². The highest BCUT2D eigenvalue weighted by molar-refractivity contribution is 5.64. The zero-order valence-corrected chi connectivity index (χ0v) is 14.9. The first-order valence-corrected chi connectivity index (χ1v) is 9.47. The molecule has 7 nitrogen and oxygen atoms in total. The van der Waals surface area contributed by atoms with Gasteiger partial charge in [0.1, 0.15) is 5.65 Å². The first-order chi connectivity index (χ1) is 12.7. The van der Waals surface area contributed by atoms with Crippen molar-refractivity contribution < 1.29 is 14.6 Å². The predicted molar refractivity (Wildman–Crippen MR) is 97.1 cm³/mol. The maximum absolute atomic E-state index is 10.6. The lowest BCUT2D eigenvalue weighted by Gasteiger charge is -2.37. The molecule has 2 aromatic heterocycles. The Bertz CT molecular complexity index is 769. The number of carboxylic acid groups (broad SMARTS) is 1. The molecule has 2 fully saturated rings. The Balaban J connectivity index is 1.47. The fraction of sp³-hybridized carbons (Fsp3) is 0.579. The number of nitrogens with one attached hydrogen (secondary N) is 2. The quantitative estimate of drug-likeness (QED) is 0.782. The van der Waals surface area contributed by atoms with E-state index in [2.05, 4.69) is 27.9 Å². The van der Waals surface area contributed by atoms with Crippen molar-refractivity contribution in [2.45, 2.75) is 50.7 Å². The Kier molecular flexibility index (Phi) is 5.08. The first-order valence-electron chi connectivity index (χ1n) is 9.47. The number of imidazole rings is 1. The number of aromatic nitrogens is 2. The third-order valence-corrected chi connectivity index (χ3v) is 5.56. The van der Waals surface area contributed by atoms with Gasteiger partial charge in [-0.05, 0) is 30.4 Å². The summed E-state index contributed by atoms with van der Waals surface area (Å²) >= 11 is 0. The minimum atomic E-state index is -1.04. The molecule has 1 saturated heterocycles. The Morgan fingerprint density at radius 1 is 1.27 bits per heavy atom. The molecule has 140 valence electrons. The summed E-state index contributed by atoms with van der Waals surface area (Å²) in [6.45, 7) is 1.69. The average molecular weight is 358 g/mol. The molecule has 1 amide bonds. The topological polar surface area (TPSA) is 87.9 Å². The van der Waals surface area contributed by atoms with Gasteiger partial charge in [0.2, 0.25) is 0 Å². The number of pyridine rings is 1. The minimum Gasteiger partial charge on any atom is -0.465 e. The molecule has 26 heavy (non-hydrogen) atoms. The van der Waals surface area contributed by atoms with Gasteiger partial charge in [-0.2, -0.15) is 0 Å². The van der Waals surface area contributed by atoms with E-state index in [1.165, 1.54) is 37.7 Å². The normalized spacial score (nSPS) is 24.6. The molecule has 1 saturated carbocycles. The zero-order chi connectivity index (χ0) is 17.9. The van der Waals surface area contributed by atoms with Gasteiger partial charge in [-0.25, -0.2) is 9.78 Å². The molecule has 3 heterocycles. The molecule has 0 aromatic carbocycles. The number of amides is 1. The second-order valence-corrected chi connectivity index (χ2v) is 7.38. The Labute approximate surface area is 152 Å². The summed E-state index contributed by atoms with van der Waals surface area (Å²) in [7, 11) is 0. The summed E-state index contributed by atoms with van der Waals surface area (Å²) < 4.78 is 7.88. The highest BCUT2D eigenvalue weighted by Crippen LogP contribution is 2.30. The minimum absolute atomic E-state index is 0.183. The van der Waals surface area contributed by atoms with Crippen LogP contribution in [0.2, 0.25) is 0 Å². The van der Waals surface area contributed by atoms with E-state index >= 15 is 0 Å². The first kappa shape index (κ1) is 17.3. The lowest BCUT2D eigenvalue weighted by atomic mass is 9.83. The molecule has 1 aliphatic carbocycles. The van der Waals surface area contributed by atoms with Crippen LogP contribution >= 0.6 is 0 Å². The maximum Gasteiger partial charge on any atom is 0.404 e. The lowest BCUT2D eigenvalue weighted by Crippen LogP contribution is -2.48. The molecule has 2 unspecified atom stereocenters. The maximum atomic E-state index is 10.6. The summed E-state index contributed by atoms with van der Waals surface area (Å²) in [6, 6.07) is 4.68. The van der Waals surface area contributed by atoms with Crippen LogP contribution in [0, 0.1) is 5.92 Å². The van der Waals surface area contributed by atoms with E-state index in [0.717, 1.165) is 18.2 Å². The van der Waals surface area contributed by atoms with Crippen molar-refractivity contribution in [2.75, 3.05) is 13.2 Å². The molecular formula is C19H26N4O3. The number of morpholine rings is 1. The van der Waals surface area contributed by atoms with E-state index in [0.29, 0.717) is 18.3 Å². The molecule has 0 radical (unpaired) electrons. The molecule has 3 N–H and O–H groups in total. The van der Waals surface area contributed by atoms with Crippen LogP contribution in [0.1, 0.15) is 49.4 Å². The highest BCUT2D eigenvalue weighted by atomic mass is 16.5. The molecule has 7 heteroatoms. The van der Waals surface area contributed by atoms with Crippen LogP contribution in [0.25, 0.3) is 5.65 Å². The summed E-state index contributed by atoms with van der Waals surface area (Å²) in [5, 5.41) is 14.9. The summed E-state index contributed by atoms with van der Waals surface area (Å²) in [5.41, 5.74) is 2.70. The molecule has 2 aliphatic rings. The number of hydrogen-bond donors (Lipinski definition) is 3. The van der Waals surface area contributed by atoms with E-state index < -0.39 is 6.09 Å². The van der Waals surface area contributed by atoms with Crippen molar-refractivity contribution in [3.05, 3.63) is 35.8 Å². The third kappa shape index (κ3) is 3.83. The smallest absolute Gasteiger partial charge is 0.404 e. The van der Waals surface area contributed by atoms with Gasteiger partial charge < -0.3 is 24.9 Å². The van der Waals surface area contributed by atoms with E-state index in [-0.39, 0.29) is 12.6 Å². The average Bonchev–Trinajstić information content (AvgIpc) is 3.09. The summed E-state index contributed by atoms with van der Waals surface area (Å²) in [4.78, 5) is 15.1. The number of ether oxygens (including phenoxy) is 1. The second-order valence-electron chi connectivity index (χ2n) is 7.38. The Hall–Kier alpha value is -2.12. The van der Waals surface area contributed by atoms with Crippen LogP contribution in [-0.2, 0) is 11.3 Å². The van der Waals surface area contributed by atoms with E-state index in [9.17, 15) is 4.79 Å². The Morgan fingerprint density at radius 2 is 2.12 bits per heavy atom. The SMILES string of the molecule is O=C(O)NCc1cn2cc(C3COCC(C4CCCCC4)N3)ccc2n1.